The average Bonchev–Trinajstić information content (AvgIpc) is 2.85. The third-order valence-electron chi connectivity index (χ3n) is 7.83. The maximum atomic E-state index is 11.7. The lowest BCUT2D eigenvalue weighted by Gasteiger charge is -2.36. The predicted molar refractivity (Wildman–Crippen MR) is 126 cm³/mol. The van der Waals surface area contributed by atoms with Crippen molar-refractivity contribution < 1.29 is 28.5 Å². The van der Waals surface area contributed by atoms with Crippen LogP contribution in [0.2, 0.25) is 0 Å². The molecule has 32 heavy (non-hydrogen) atoms. The van der Waals surface area contributed by atoms with Gasteiger partial charge in [-0.2, -0.15) is 0 Å². The van der Waals surface area contributed by atoms with Crippen LogP contribution in [0.15, 0.2) is 0 Å². The zero-order valence-corrected chi connectivity index (χ0v) is 21.4. The van der Waals surface area contributed by atoms with Crippen molar-refractivity contribution in [3.05, 3.63) is 0 Å². The van der Waals surface area contributed by atoms with E-state index in [1.165, 1.54) is 14.2 Å². The predicted octanol–water partition coefficient (Wildman–Crippen LogP) is 4.91. The Hall–Kier alpha value is -0.660. The van der Waals surface area contributed by atoms with Crippen LogP contribution in [-0.4, -0.2) is 56.9 Å². The van der Waals surface area contributed by atoms with Gasteiger partial charge >= 0.3 is 11.9 Å². The number of halogens is 1. The highest BCUT2D eigenvalue weighted by atomic mass is 79.9. The molecule has 3 rings (SSSR count). The van der Waals surface area contributed by atoms with E-state index >= 15 is 0 Å². The van der Waals surface area contributed by atoms with Gasteiger partial charge < -0.3 is 18.9 Å². The summed E-state index contributed by atoms with van der Waals surface area (Å²) in [5, 5.41) is 0.987. The highest BCUT2D eigenvalue weighted by Crippen LogP contribution is 2.35. The van der Waals surface area contributed by atoms with Crippen molar-refractivity contribution in [3.63, 3.8) is 0 Å². The minimum absolute atomic E-state index is 0.0596. The standard InChI is InChI=1S/C25H41BrO6/c1-29-24(27)20-7-3-17(4-8-20)15-31-22-11-19(14-26)12-23(13-22)32-16-18-5-9-21(10-6-18)25(28)30-2/h17-23H,3-16H2,1-2H3. The van der Waals surface area contributed by atoms with E-state index in [4.69, 9.17) is 18.9 Å². The molecule has 0 aromatic rings. The molecule has 0 bridgehead atoms. The van der Waals surface area contributed by atoms with Crippen molar-refractivity contribution in [2.24, 2.45) is 29.6 Å². The van der Waals surface area contributed by atoms with Gasteiger partial charge in [0.1, 0.15) is 0 Å². The SMILES string of the molecule is COC(=O)C1CCC(COC2CC(CBr)CC(OCC3CCC(C(=O)OC)CC3)C2)CC1. The average molecular weight is 518 g/mol. The first-order chi connectivity index (χ1) is 15.5. The first-order valence-electron chi connectivity index (χ1n) is 12.5. The topological polar surface area (TPSA) is 71.1 Å². The summed E-state index contributed by atoms with van der Waals surface area (Å²) in [5.41, 5.74) is 0. The number of hydrogen-bond donors (Lipinski definition) is 0. The molecule has 0 aromatic carbocycles. The number of alkyl halides is 1. The van der Waals surface area contributed by atoms with E-state index < -0.39 is 0 Å². The Bertz CT molecular complexity index is 535. The molecule has 0 radical (unpaired) electrons. The van der Waals surface area contributed by atoms with E-state index in [0.29, 0.717) is 17.8 Å². The molecule has 6 nitrogen and oxygen atoms in total. The van der Waals surface area contributed by atoms with Crippen LogP contribution in [0.4, 0.5) is 0 Å². The quantitative estimate of drug-likeness (QED) is 0.320. The van der Waals surface area contributed by atoms with Crippen molar-refractivity contribution in [1.82, 2.24) is 0 Å². The summed E-state index contributed by atoms with van der Waals surface area (Å²) in [6.07, 6.45) is 11.5. The Labute approximate surface area is 201 Å². The number of hydrogen-bond acceptors (Lipinski definition) is 6. The summed E-state index contributed by atoms with van der Waals surface area (Å²) >= 11 is 3.68. The van der Waals surface area contributed by atoms with Crippen LogP contribution >= 0.6 is 15.9 Å². The zero-order valence-electron chi connectivity index (χ0n) is 19.8. The van der Waals surface area contributed by atoms with Crippen molar-refractivity contribution in [2.75, 3.05) is 32.8 Å². The Morgan fingerprint density at radius 1 is 0.656 bits per heavy atom. The molecule has 0 saturated heterocycles. The van der Waals surface area contributed by atoms with Gasteiger partial charge in [-0.1, -0.05) is 15.9 Å². The lowest BCUT2D eigenvalue weighted by Crippen LogP contribution is -2.36. The summed E-state index contributed by atoms with van der Waals surface area (Å²) in [4.78, 5) is 23.5. The monoisotopic (exact) mass is 516 g/mol. The van der Waals surface area contributed by atoms with Crippen molar-refractivity contribution in [2.45, 2.75) is 82.8 Å². The minimum atomic E-state index is -0.0596. The van der Waals surface area contributed by atoms with Gasteiger partial charge in [0.2, 0.25) is 0 Å². The molecule has 0 amide bonds. The number of carbonyl (C=O) groups is 2. The highest BCUT2D eigenvalue weighted by Gasteiger charge is 2.33. The third-order valence-corrected chi connectivity index (χ3v) is 8.75. The largest absolute Gasteiger partial charge is 0.469 e. The van der Waals surface area contributed by atoms with Gasteiger partial charge in [-0.05, 0) is 88.4 Å². The molecule has 2 atom stereocenters. The molecular weight excluding hydrogens is 476 g/mol. The summed E-state index contributed by atoms with van der Waals surface area (Å²) in [5.74, 6) is 1.71. The number of carbonyl (C=O) groups excluding carboxylic acids is 2. The van der Waals surface area contributed by atoms with Crippen LogP contribution in [-0.2, 0) is 28.5 Å². The van der Waals surface area contributed by atoms with Gasteiger partial charge in [0, 0.05) is 18.5 Å². The summed E-state index contributed by atoms with van der Waals surface area (Å²) in [7, 11) is 2.96. The van der Waals surface area contributed by atoms with Crippen LogP contribution in [0.3, 0.4) is 0 Å². The fourth-order valence-electron chi connectivity index (χ4n) is 5.73. The second-order valence-corrected chi connectivity index (χ2v) is 10.8. The number of ether oxygens (including phenoxy) is 4. The molecule has 3 aliphatic carbocycles. The summed E-state index contributed by atoms with van der Waals surface area (Å²) in [6.45, 7) is 1.58. The molecule has 3 aliphatic rings. The number of esters is 2. The first-order valence-corrected chi connectivity index (χ1v) is 13.6. The summed E-state index contributed by atoms with van der Waals surface area (Å²) in [6, 6.07) is 0. The Kier molecular flexibility index (Phi) is 10.8. The van der Waals surface area contributed by atoms with Crippen LogP contribution < -0.4 is 0 Å². The van der Waals surface area contributed by atoms with Gasteiger partial charge in [0.25, 0.3) is 0 Å². The van der Waals surface area contributed by atoms with Crippen LogP contribution in [0, 0.1) is 29.6 Å². The van der Waals surface area contributed by atoms with Gasteiger partial charge in [0.05, 0.1) is 38.3 Å². The van der Waals surface area contributed by atoms with Crippen molar-refractivity contribution >= 4 is 27.9 Å². The fourth-order valence-corrected chi connectivity index (χ4v) is 6.26. The Morgan fingerprint density at radius 3 is 1.41 bits per heavy atom. The van der Waals surface area contributed by atoms with E-state index in [1.807, 2.05) is 0 Å². The molecule has 7 heteroatoms. The molecule has 3 fully saturated rings. The second-order valence-electron chi connectivity index (χ2n) is 10.1. The Balaban J connectivity index is 1.37. The molecule has 184 valence electrons. The lowest BCUT2D eigenvalue weighted by molar-refractivity contribution is -0.147. The zero-order chi connectivity index (χ0) is 22.9. The number of rotatable bonds is 9. The molecule has 3 saturated carbocycles. The lowest BCUT2D eigenvalue weighted by atomic mass is 9.82. The maximum Gasteiger partial charge on any atom is 0.308 e. The van der Waals surface area contributed by atoms with Gasteiger partial charge in [-0.3, -0.25) is 9.59 Å². The minimum Gasteiger partial charge on any atom is -0.469 e. The molecular formula is C25H41BrO6. The van der Waals surface area contributed by atoms with E-state index in [9.17, 15) is 9.59 Å². The summed E-state index contributed by atoms with van der Waals surface area (Å²) < 4.78 is 22.6. The van der Waals surface area contributed by atoms with Crippen molar-refractivity contribution in [3.8, 4) is 0 Å². The molecule has 0 aliphatic heterocycles. The maximum absolute atomic E-state index is 11.7. The van der Waals surface area contributed by atoms with Gasteiger partial charge in [-0.15, -0.1) is 0 Å². The second kappa shape index (κ2) is 13.3. The number of methoxy groups -OCH3 is 2. The Morgan fingerprint density at radius 2 is 1.06 bits per heavy atom. The fraction of sp³-hybridized carbons (Fsp3) is 0.920. The normalized spacial score (nSPS) is 35.8. The van der Waals surface area contributed by atoms with E-state index in [1.54, 1.807) is 0 Å². The highest BCUT2D eigenvalue weighted by molar-refractivity contribution is 9.09. The van der Waals surface area contributed by atoms with Crippen LogP contribution in [0.5, 0.6) is 0 Å². The smallest absolute Gasteiger partial charge is 0.308 e. The molecule has 0 aromatic heterocycles. The van der Waals surface area contributed by atoms with E-state index in [2.05, 4.69) is 15.9 Å². The van der Waals surface area contributed by atoms with Crippen molar-refractivity contribution in [1.29, 1.82) is 0 Å². The molecule has 0 N–H and O–H groups in total. The molecule has 0 spiro atoms. The molecule has 2 unspecified atom stereocenters. The van der Waals surface area contributed by atoms with Crippen LogP contribution in [0.25, 0.3) is 0 Å². The van der Waals surface area contributed by atoms with E-state index in [-0.39, 0.29) is 36.0 Å². The molecule has 0 heterocycles. The van der Waals surface area contributed by atoms with Gasteiger partial charge in [0.15, 0.2) is 0 Å². The van der Waals surface area contributed by atoms with Gasteiger partial charge in [-0.25, -0.2) is 0 Å². The van der Waals surface area contributed by atoms with E-state index in [0.717, 1.165) is 89.2 Å². The third kappa shape index (κ3) is 7.69. The first kappa shape index (κ1) is 26.0. The van der Waals surface area contributed by atoms with Crippen LogP contribution in [0.1, 0.15) is 70.6 Å².